The first-order chi connectivity index (χ1) is 5.33. The quantitative estimate of drug-likeness (QED) is 0.570. The van der Waals surface area contributed by atoms with Crippen LogP contribution >= 0.6 is 0 Å². The zero-order valence-corrected chi connectivity index (χ0v) is 6.95. The van der Waals surface area contributed by atoms with Crippen molar-refractivity contribution in [3.8, 4) is 0 Å². The lowest BCUT2D eigenvalue weighted by atomic mass is 10.2. The Morgan fingerprint density at radius 3 is 2.27 bits per heavy atom. The Morgan fingerprint density at radius 2 is 2.09 bits per heavy atom. The van der Waals surface area contributed by atoms with Gasteiger partial charge in [0.25, 0.3) is 0 Å². The monoisotopic (exact) mass is 160 g/mol. The zero-order valence-electron chi connectivity index (χ0n) is 6.95. The predicted molar refractivity (Wildman–Crippen MR) is 41.5 cm³/mol. The topological polar surface area (TPSA) is 42.0 Å². The van der Waals surface area contributed by atoms with E-state index < -0.39 is 0 Å². The molecule has 2 fully saturated rings. The highest BCUT2D eigenvalue weighted by Gasteiger charge is 2.13. The first-order valence-corrected chi connectivity index (χ1v) is 4.17. The molecule has 2 aliphatic rings. The molecule has 3 heteroatoms. The van der Waals surface area contributed by atoms with Gasteiger partial charge in [-0.3, -0.25) is 0 Å². The van der Waals surface area contributed by atoms with E-state index >= 15 is 0 Å². The lowest BCUT2D eigenvalue weighted by Crippen LogP contribution is -2.09. The van der Waals surface area contributed by atoms with Gasteiger partial charge >= 0.3 is 0 Å². The van der Waals surface area contributed by atoms with Crippen molar-refractivity contribution in [1.82, 2.24) is 0 Å². The molecule has 0 aliphatic carbocycles. The van der Waals surface area contributed by atoms with Crippen LogP contribution in [0.1, 0.15) is 19.8 Å². The largest absolute Gasteiger partial charge is 0.394 e. The van der Waals surface area contributed by atoms with Crippen molar-refractivity contribution in [2.75, 3.05) is 19.8 Å². The highest BCUT2D eigenvalue weighted by molar-refractivity contribution is 4.61. The molecule has 2 atom stereocenters. The molecule has 0 bridgehead atoms. The van der Waals surface area contributed by atoms with Crippen molar-refractivity contribution in [1.29, 1.82) is 0 Å². The van der Waals surface area contributed by atoms with Crippen molar-refractivity contribution in [2.45, 2.75) is 32.0 Å². The van der Waals surface area contributed by atoms with Crippen LogP contribution in [0.15, 0.2) is 0 Å². The van der Waals surface area contributed by atoms with Crippen LogP contribution < -0.4 is 0 Å². The Hall–Kier alpha value is -0.120. The van der Waals surface area contributed by atoms with Gasteiger partial charge in [0.1, 0.15) is 0 Å². The van der Waals surface area contributed by atoms with Gasteiger partial charge in [0.2, 0.25) is 0 Å². The second-order valence-electron chi connectivity index (χ2n) is 2.96. The molecule has 2 unspecified atom stereocenters. The minimum atomic E-state index is 0.153. The van der Waals surface area contributed by atoms with Gasteiger partial charge in [0.05, 0.1) is 25.4 Å². The molecule has 3 nitrogen and oxygen atoms in total. The van der Waals surface area contributed by atoms with Crippen LogP contribution in [0.25, 0.3) is 0 Å². The SMILES string of the molecule is CC1CO1.OCC1CCCO1. The summed E-state index contributed by atoms with van der Waals surface area (Å²) in [5.41, 5.74) is 0. The van der Waals surface area contributed by atoms with Crippen molar-refractivity contribution in [3.63, 3.8) is 0 Å². The molecular weight excluding hydrogens is 144 g/mol. The van der Waals surface area contributed by atoms with Crippen molar-refractivity contribution in [3.05, 3.63) is 0 Å². The lowest BCUT2D eigenvalue weighted by molar-refractivity contribution is 0.0591. The molecule has 0 saturated carbocycles. The summed E-state index contributed by atoms with van der Waals surface area (Å²) in [6.45, 7) is 4.07. The van der Waals surface area contributed by atoms with Gasteiger partial charge < -0.3 is 14.6 Å². The molecule has 2 rings (SSSR count). The standard InChI is InChI=1S/C5H10O2.C3H6O/c6-4-5-2-1-3-7-5;1-3-2-4-3/h5-6H,1-4H2;3H,2H2,1H3. The van der Waals surface area contributed by atoms with Gasteiger partial charge in [-0.2, -0.15) is 0 Å². The van der Waals surface area contributed by atoms with E-state index in [2.05, 4.69) is 6.92 Å². The van der Waals surface area contributed by atoms with Crippen LogP contribution in [0, 0.1) is 0 Å². The summed E-state index contributed by atoms with van der Waals surface area (Å²) in [4.78, 5) is 0. The average Bonchev–Trinajstić information content (AvgIpc) is 2.66. The van der Waals surface area contributed by atoms with E-state index in [1.807, 2.05) is 0 Å². The summed E-state index contributed by atoms with van der Waals surface area (Å²) in [6.07, 6.45) is 2.89. The summed E-state index contributed by atoms with van der Waals surface area (Å²) in [7, 11) is 0. The lowest BCUT2D eigenvalue weighted by Gasteiger charge is -2.00. The molecule has 0 aromatic carbocycles. The normalized spacial score (nSPS) is 34.4. The van der Waals surface area contributed by atoms with Crippen LogP contribution in [-0.2, 0) is 9.47 Å². The molecule has 2 saturated heterocycles. The fourth-order valence-electron chi connectivity index (χ4n) is 0.885. The van der Waals surface area contributed by atoms with E-state index in [0.717, 1.165) is 26.1 Å². The second kappa shape index (κ2) is 4.70. The number of hydrogen-bond donors (Lipinski definition) is 1. The number of hydrogen-bond acceptors (Lipinski definition) is 3. The molecule has 0 amide bonds. The smallest absolute Gasteiger partial charge is 0.0806 e. The third kappa shape index (κ3) is 4.35. The molecule has 0 aromatic heterocycles. The maximum Gasteiger partial charge on any atom is 0.0806 e. The zero-order chi connectivity index (χ0) is 8.10. The van der Waals surface area contributed by atoms with Crippen molar-refractivity contribution >= 4 is 0 Å². The Balaban J connectivity index is 0.000000128. The number of ether oxygens (including phenoxy) is 2. The summed E-state index contributed by atoms with van der Waals surface area (Å²) in [5, 5.41) is 8.44. The first-order valence-electron chi connectivity index (χ1n) is 4.17. The number of rotatable bonds is 1. The maximum absolute atomic E-state index is 8.44. The molecule has 2 heterocycles. The highest BCUT2D eigenvalue weighted by Crippen LogP contribution is 2.09. The van der Waals surface area contributed by atoms with Gasteiger partial charge in [-0.05, 0) is 19.8 Å². The molecule has 11 heavy (non-hydrogen) atoms. The van der Waals surface area contributed by atoms with Gasteiger partial charge in [0, 0.05) is 6.61 Å². The Labute approximate surface area is 67.3 Å². The summed E-state index contributed by atoms with van der Waals surface area (Å²) in [6, 6.07) is 0. The van der Waals surface area contributed by atoms with E-state index in [-0.39, 0.29) is 12.7 Å². The highest BCUT2D eigenvalue weighted by atomic mass is 16.6. The Morgan fingerprint density at radius 1 is 1.45 bits per heavy atom. The van der Waals surface area contributed by atoms with Crippen LogP contribution in [0.2, 0.25) is 0 Å². The fourth-order valence-corrected chi connectivity index (χ4v) is 0.885. The number of aliphatic hydroxyl groups excluding tert-OH is 1. The molecule has 0 spiro atoms. The van der Waals surface area contributed by atoms with E-state index in [1.54, 1.807) is 0 Å². The summed E-state index contributed by atoms with van der Waals surface area (Å²) >= 11 is 0. The summed E-state index contributed by atoms with van der Waals surface area (Å²) < 4.78 is 9.76. The maximum atomic E-state index is 8.44. The van der Waals surface area contributed by atoms with E-state index in [9.17, 15) is 0 Å². The van der Waals surface area contributed by atoms with Crippen molar-refractivity contribution < 1.29 is 14.6 Å². The average molecular weight is 160 g/mol. The number of aliphatic hydroxyl groups is 1. The Bertz CT molecular complexity index is 95.5. The van der Waals surface area contributed by atoms with Crippen LogP contribution in [0.5, 0.6) is 0 Å². The van der Waals surface area contributed by atoms with Gasteiger partial charge in [-0.15, -0.1) is 0 Å². The predicted octanol–water partition coefficient (Wildman–Crippen LogP) is 0.563. The second-order valence-corrected chi connectivity index (χ2v) is 2.96. The van der Waals surface area contributed by atoms with Crippen LogP contribution in [0.4, 0.5) is 0 Å². The van der Waals surface area contributed by atoms with E-state index in [4.69, 9.17) is 14.6 Å². The molecule has 0 radical (unpaired) electrons. The van der Waals surface area contributed by atoms with Gasteiger partial charge in [-0.25, -0.2) is 0 Å². The van der Waals surface area contributed by atoms with Gasteiger partial charge in [-0.1, -0.05) is 0 Å². The minimum absolute atomic E-state index is 0.153. The van der Waals surface area contributed by atoms with E-state index in [0.29, 0.717) is 6.10 Å². The molecule has 1 N–H and O–H groups in total. The summed E-state index contributed by atoms with van der Waals surface area (Å²) in [5.74, 6) is 0. The first kappa shape index (κ1) is 8.97. The van der Waals surface area contributed by atoms with Crippen LogP contribution in [-0.4, -0.2) is 37.1 Å². The molecule has 0 aromatic rings. The molecular formula is C8H16O3. The number of epoxide rings is 1. The Kier molecular flexibility index (Phi) is 3.83. The third-order valence-electron chi connectivity index (χ3n) is 1.73. The fraction of sp³-hybridized carbons (Fsp3) is 1.00. The minimum Gasteiger partial charge on any atom is -0.394 e. The van der Waals surface area contributed by atoms with E-state index in [1.165, 1.54) is 0 Å². The third-order valence-corrected chi connectivity index (χ3v) is 1.73. The molecule has 66 valence electrons. The van der Waals surface area contributed by atoms with Crippen LogP contribution in [0.3, 0.4) is 0 Å². The van der Waals surface area contributed by atoms with Crippen molar-refractivity contribution in [2.24, 2.45) is 0 Å². The van der Waals surface area contributed by atoms with Gasteiger partial charge in [0.15, 0.2) is 0 Å². The molecule has 2 aliphatic heterocycles.